The Balaban J connectivity index is 0.000001000. The minimum atomic E-state index is 0. The topological polar surface area (TPSA) is 31.1 Å². The van der Waals surface area contributed by atoms with Gasteiger partial charge in [0.1, 0.15) is 0 Å². The van der Waals surface area contributed by atoms with Gasteiger partial charge in [0.25, 0.3) is 0 Å². The van der Waals surface area contributed by atoms with Crippen LogP contribution in [0.4, 0.5) is 0 Å². The molecular formula is C15H23Cl2N3. The van der Waals surface area contributed by atoms with Crippen LogP contribution in [0.5, 0.6) is 0 Å². The van der Waals surface area contributed by atoms with Crippen molar-refractivity contribution in [2.75, 3.05) is 26.2 Å². The first-order valence-corrected chi connectivity index (χ1v) is 6.91. The quantitative estimate of drug-likeness (QED) is 0.910. The number of H-pyrrole nitrogens is 1. The van der Waals surface area contributed by atoms with E-state index >= 15 is 0 Å². The summed E-state index contributed by atoms with van der Waals surface area (Å²) in [5.41, 5.74) is 2.72. The standard InChI is InChI=1S/C15H21N3.2ClH/c1-2-15(18-10-8-16-9-11-18)13-4-3-5-14-12(13)6-7-17-14;;/h3-7,15-17H,2,8-11H2,1H3;2*1H/t15-;;/m1../s1. The van der Waals surface area contributed by atoms with E-state index in [0.29, 0.717) is 6.04 Å². The number of fused-ring (bicyclic) bond motifs is 1. The monoisotopic (exact) mass is 315 g/mol. The summed E-state index contributed by atoms with van der Waals surface area (Å²) in [5, 5.41) is 4.81. The van der Waals surface area contributed by atoms with Crippen molar-refractivity contribution in [1.82, 2.24) is 15.2 Å². The normalized spacial score (nSPS) is 17.2. The second-order valence-corrected chi connectivity index (χ2v) is 5.00. The van der Waals surface area contributed by atoms with Crippen LogP contribution >= 0.6 is 24.8 Å². The molecule has 1 aromatic carbocycles. The van der Waals surface area contributed by atoms with Crippen molar-refractivity contribution in [3.05, 3.63) is 36.0 Å². The third-order valence-corrected chi connectivity index (χ3v) is 3.97. The summed E-state index contributed by atoms with van der Waals surface area (Å²) in [5.74, 6) is 0. The maximum Gasteiger partial charge on any atom is 0.0457 e. The van der Waals surface area contributed by atoms with Gasteiger partial charge in [-0.1, -0.05) is 19.1 Å². The zero-order valence-corrected chi connectivity index (χ0v) is 13.4. The van der Waals surface area contributed by atoms with Gasteiger partial charge in [0, 0.05) is 49.3 Å². The summed E-state index contributed by atoms with van der Waals surface area (Å²) < 4.78 is 0. The third-order valence-electron chi connectivity index (χ3n) is 3.97. The molecule has 0 radical (unpaired) electrons. The molecule has 5 heteroatoms. The van der Waals surface area contributed by atoms with Crippen LogP contribution in [0.1, 0.15) is 24.9 Å². The fraction of sp³-hybridized carbons (Fsp3) is 0.467. The molecule has 1 fully saturated rings. The summed E-state index contributed by atoms with van der Waals surface area (Å²) in [6.07, 6.45) is 3.21. The van der Waals surface area contributed by atoms with Gasteiger partial charge in [0.05, 0.1) is 0 Å². The first-order chi connectivity index (χ1) is 8.90. The Bertz CT molecular complexity index is 521. The highest BCUT2D eigenvalue weighted by Gasteiger charge is 2.21. The van der Waals surface area contributed by atoms with Crippen molar-refractivity contribution >= 4 is 35.7 Å². The second-order valence-electron chi connectivity index (χ2n) is 5.00. The van der Waals surface area contributed by atoms with Crippen LogP contribution in [-0.4, -0.2) is 36.1 Å². The number of piperazine rings is 1. The largest absolute Gasteiger partial charge is 0.361 e. The van der Waals surface area contributed by atoms with E-state index in [0.717, 1.165) is 26.2 Å². The fourth-order valence-corrected chi connectivity index (χ4v) is 3.07. The average molecular weight is 316 g/mol. The average Bonchev–Trinajstić information content (AvgIpc) is 2.90. The van der Waals surface area contributed by atoms with Gasteiger partial charge in [-0.15, -0.1) is 24.8 Å². The molecule has 2 heterocycles. The molecular weight excluding hydrogens is 293 g/mol. The molecule has 0 spiro atoms. The van der Waals surface area contributed by atoms with Gasteiger partial charge < -0.3 is 10.3 Å². The number of benzene rings is 1. The molecule has 0 bridgehead atoms. The maximum absolute atomic E-state index is 3.43. The Labute approximate surface area is 132 Å². The van der Waals surface area contributed by atoms with Gasteiger partial charge >= 0.3 is 0 Å². The molecule has 3 rings (SSSR count). The van der Waals surface area contributed by atoms with Crippen LogP contribution in [0, 0.1) is 0 Å². The Kier molecular flexibility index (Phi) is 6.83. The number of halogens is 2. The second kappa shape index (κ2) is 7.89. The lowest BCUT2D eigenvalue weighted by Gasteiger charge is -2.35. The minimum Gasteiger partial charge on any atom is -0.361 e. The Hall–Kier alpha value is -0.740. The summed E-state index contributed by atoms with van der Waals surface area (Å²) >= 11 is 0. The van der Waals surface area contributed by atoms with E-state index < -0.39 is 0 Å². The van der Waals surface area contributed by atoms with Crippen molar-refractivity contribution in [2.45, 2.75) is 19.4 Å². The first kappa shape index (κ1) is 17.3. The van der Waals surface area contributed by atoms with Gasteiger partial charge in [-0.3, -0.25) is 4.90 Å². The fourth-order valence-electron chi connectivity index (χ4n) is 3.07. The first-order valence-electron chi connectivity index (χ1n) is 6.91. The van der Waals surface area contributed by atoms with E-state index in [1.54, 1.807) is 0 Å². The number of aromatic nitrogens is 1. The van der Waals surface area contributed by atoms with Crippen LogP contribution in [0.25, 0.3) is 10.9 Å². The highest BCUT2D eigenvalue weighted by Crippen LogP contribution is 2.30. The van der Waals surface area contributed by atoms with E-state index in [4.69, 9.17) is 0 Å². The number of nitrogens with one attached hydrogen (secondary N) is 2. The van der Waals surface area contributed by atoms with Gasteiger partial charge in [0.15, 0.2) is 0 Å². The zero-order chi connectivity index (χ0) is 12.4. The van der Waals surface area contributed by atoms with E-state index in [2.05, 4.69) is 46.4 Å². The van der Waals surface area contributed by atoms with E-state index in [-0.39, 0.29) is 24.8 Å². The molecule has 1 atom stereocenters. The maximum atomic E-state index is 3.43. The lowest BCUT2D eigenvalue weighted by molar-refractivity contribution is 0.170. The Morgan fingerprint density at radius 1 is 1.15 bits per heavy atom. The van der Waals surface area contributed by atoms with Crippen LogP contribution in [0.15, 0.2) is 30.5 Å². The van der Waals surface area contributed by atoms with Gasteiger partial charge in [-0.25, -0.2) is 0 Å². The van der Waals surface area contributed by atoms with Crippen molar-refractivity contribution in [1.29, 1.82) is 0 Å². The van der Waals surface area contributed by atoms with Crippen LogP contribution in [0.2, 0.25) is 0 Å². The number of hydrogen-bond donors (Lipinski definition) is 2. The summed E-state index contributed by atoms with van der Waals surface area (Å²) in [4.78, 5) is 5.92. The van der Waals surface area contributed by atoms with Crippen molar-refractivity contribution in [2.24, 2.45) is 0 Å². The highest BCUT2D eigenvalue weighted by molar-refractivity contribution is 5.85. The molecule has 2 N–H and O–H groups in total. The lowest BCUT2D eigenvalue weighted by Crippen LogP contribution is -2.45. The molecule has 1 aliphatic rings. The molecule has 0 aliphatic carbocycles. The van der Waals surface area contributed by atoms with Crippen LogP contribution < -0.4 is 5.32 Å². The lowest BCUT2D eigenvalue weighted by atomic mass is 9.98. The van der Waals surface area contributed by atoms with Crippen molar-refractivity contribution in [3.63, 3.8) is 0 Å². The molecule has 2 aromatic rings. The van der Waals surface area contributed by atoms with E-state index in [9.17, 15) is 0 Å². The van der Waals surface area contributed by atoms with Gasteiger partial charge in [-0.2, -0.15) is 0 Å². The van der Waals surface area contributed by atoms with Crippen molar-refractivity contribution < 1.29 is 0 Å². The highest BCUT2D eigenvalue weighted by atomic mass is 35.5. The molecule has 20 heavy (non-hydrogen) atoms. The number of hydrogen-bond acceptors (Lipinski definition) is 2. The van der Waals surface area contributed by atoms with Gasteiger partial charge in [-0.05, 0) is 24.1 Å². The van der Waals surface area contributed by atoms with E-state index in [1.807, 2.05) is 6.20 Å². The van der Waals surface area contributed by atoms with Crippen LogP contribution in [0.3, 0.4) is 0 Å². The smallest absolute Gasteiger partial charge is 0.0457 e. The molecule has 0 saturated carbocycles. The predicted octanol–water partition coefficient (Wildman–Crippen LogP) is 3.37. The predicted molar refractivity (Wildman–Crippen MR) is 90.3 cm³/mol. The molecule has 1 aliphatic heterocycles. The van der Waals surface area contributed by atoms with Crippen LogP contribution in [-0.2, 0) is 0 Å². The number of aromatic amines is 1. The number of nitrogens with zero attached hydrogens (tertiary/aromatic N) is 1. The van der Waals surface area contributed by atoms with Crippen molar-refractivity contribution in [3.8, 4) is 0 Å². The third kappa shape index (κ3) is 3.29. The van der Waals surface area contributed by atoms with Gasteiger partial charge in [0.2, 0.25) is 0 Å². The number of rotatable bonds is 3. The molecule has 1 saturated heterocycles. The summed E-state index contributed by atoms with van der Waals surface area (Å²) in [6, 6.07) is 9.36. The minimum absolute atomic E-state index is 0. The molecule has 0 amide bonds. The molecule has 1 aromatic heterocycles. The zero-order valence-electron chi connectivity index (χ0n) is 11.8. The molecule has 3 nitrogen and oxygen atoms in total. The Morgan fingerprint density at radius 2 is 1.90 bits per heavy atom. The Morgan fingerprint density at radius 3 is 2.60 bits per heavy atom. The molecule has 0 unspecified atom stereocenters. The summed E-state index contributed by atoms with van der Waals surface area (Å²) in [6.45, 7) is 6.82. The summed E-state index contributed by atoms with van der Waals surface area (Å²) in [7, 11) is 0. The molecule has 112 valence electrons. The van der Waals surface area contributed by atoms with E-state index in [1.165, 1.54) is 22.9 Å². The SMILES string of the molecule is CC[C@H](c1cccc2[nH]ccc12)N1CCNCC1.Cl.Cl.